The van der Waals surface area contributed by atoms with Gasteiger partial charge in [0.05, 0.1) is 0 Å². The standard InChI is InChI=1S/C13H16ClNO2/c1-9-7-12(14)8-11(13(9)17)5-3-4-6-15-10(2)16/h3,5,7-8,17H,4,6H2,1-2H3,(H,15,16). The Morgan fingerprint density at radius 2 is 2.24 bits per heavy atom. The fourth-order valence-electron chi connectivity index (χ4n) is 1.43. The highest BCUT2D eigenvalue weighted by Crippen LogP contribution is 2.27. The van der Waals surface area contributed by atoms with E-state index in [1.54, 1.807) is 25.1 Å². The van der Waals surface area contributed by atoms with Gasteiger partial charge in [-0.1, -0.05) is 23.8 Å². The second-order valence-electron chi connectivity index (χ2n) is 3.83. The van der Waals surface area contributed by atoms with E-state index in [4.69, 9.17) is 11.6 Å². The molecule has 0 heterocycles. The molecule has 17 heavy (non-hydrogen) atoms. The number of aromatic hydroxyl groups is 1. The Labute approximate surface area is 106 Å². The van der Waals surface area contributed by atoms with E-state index in [1.807, 2.05) is 6.08 Å². The molecule has 0 unspecified atom stereocenters. The van der Waals surface area contributed by atoms with Crippen LogP contribution in [0.3, 0.4) is 0 Å². The lowest BCUT2D eigenvalue weighted by molar-refractivity contribution is -0.118. The summed E-state index contributed by atoms with van der Waals surface area (Å²) in [6.07, 6.45) is 4.40. The number of aryl methyl sites for hydroxylation is 1. The molecule has 0 aliphatic carbocycles. The van der Waals surface area contributed by atoms with Gasteiger partial charge in [0, 0.05) is 24.1 Å². The molecule has 0 saturated carbocycles. The van der Waals surface area contributed by atoms with Gasteiger partial charge in [-0.15, -0.1) is 0 Å². The minimum absolute atomic E-state index is 0.0418. The summed E-state index contributed by atoms with van der Waals surface area (Å²) in [5, 5.41) is 13.1. The first-order valence-corrected chi connectivity index (χ1v) is 5.78. The van der Waals surface area contributed by atoms with Gasteiger partial charge in [-0.3, -0.25) is 4.79 Å². The van der Waals surface area contributed by atoms with Gasteiger partial charge in [0.2, 0.25) is 5.91 Å². The van der Waals surface area contributed by atoms with Crippen molar-refractivity contribution in [3.05, 3.63) is 34.4 Å². The zero-order chi connectivity index (χ0) is 12.8. The smallest absolute Gasteiger partial charge is 0.216 e. The highest BCUT2D eigenvalue weighted by molar-refractivity contribution is 6.30. The summed E-state index contributed by atoms with van der Waals surface area (Å²) < 4.78 is 0. The van der Waals surface area contributed by atoms with E-state index < -0.39 is 0 Å². The molecule has 2 N–H and O–H groups in total. The lowest BCUT2D eigenvalue weighted by Crippen LogP contribution is -2.20. The van der Waals surface area contributed by atoms with E-state index in [0.29, 0.717) is 23.6 Å². The fraction of sp³-hybridized carbons (Fsp3) is 0.308. The number of hydrogen-bond acceptors (Lipinski definition) is 2. The third-order valence-electron chi connectivity index (χ3n) is 2.28. The maximum absolute atomic E-state index is 10.6. The molecule has 1 amide bonds. The van der Waals surface area contributed by atoms with E-state index in [1.165, 1.54) is 6.92 Å². The molecular weight excluding hydrogens is 238 g/mol. The van der Waals surface area contributed by atoms with Crippen molar-refractivity contribution in [3.8, 4) is 5.75 Å². The maximum atomic E-state index is 10.6. The first-order valence-electron chi connectivity index (χ1n) is 5.41. The second kappa shape index (κ2) is 6.30. The predicted molar refractivity (Wildman–Crippen MR) is 70.2 cm³/mol. The molecule has 1 aromatic rings. The number of nitrogens with one attached hydrogen (secondary N) is 1. The first kappa shape index (κ1) is 13.6. The number of carbonyl (C=O) groups excluding carboxylic acids is 1. The van der Waals surface area contributed by atoms with Crippen LogP contribution in [0.1, 0.15) is 24.5 Å². The number of hydrogen-bond donors (Lipinski definition) is 2. The number of halogens is 1. The van der Waals surface area contributed by atoms with Crippen LogP contribution in [-0.4, -0.2) is 17.6 Å². The third-order valence-corrected chi connectivity index (χ3v) is 2.50. The third kappa shape index (κ3) is 4.49. The Hall–Kier alpha value is -1.48. The van der Waals surface area contributed by atoms with Gasteiger partial charge in [0.15, 0.2) is 0 Å². The highest BCUT2D eigenvalue weighted by Gasteiger charge is 2.02. The van der Waals surface area contributed by atoms with Gasteiger partial charge in [-0.2, -0.15) is 0 Å². The van der Waals surface area contributed by atoms with Gasteiger partial charge in [-0.05, 0) is 31.0 Å². The Kier molecular flexibility index (Phi) is 5.04. The number of benzene rings is 1. The molecule has 0 aliphatic rings. The van der Waals surface area contributed by atoms with Crippen molar-refractivity contribution in [3.63, 3.8) is 0 Å². The van der Waals surface area contributed by atoms with Crippen LogP contribution >= 0.6 is 11.6 Å². The number of amides is 1. The molecule has 0 saturated heterocycles. The lowest BCUT2D eigenvalue weighted by atomic mass is 10.1. The largest absolute Gasteiger partial charge is 0.507 e. The number of phenolic OH excluding ortho intramolecular Hbond substituents is 1. The monoisotopic (exact) mass is 253 g/mol. The number of carbonyl (C=O) groups is 1. The van der Waals surface area contributed by atoms with Crippen LogP contribution in [0, 0.1) is 6.92 Å². The van der Waals surface area contributed by atoms with E-state index in [-0.39, 0.29) is 11.7 Å². The molecular formula is C13H16ClNO2. The average molecular weight is 254 g/mol. The minimum atomic E-state index is -0.0418. The van der Waals surface area contributed by atoms with Crippen LogP contribution in [0.2, 0.25) is 5.02 Å². The summed E-state index contributed by atoms with van der Waals surface area (Å²) in [6, 6.07) is 3.42. The second-order valence-corrected chi connectivity index (χ2v) is 4.27. The summed E-state index contributed by atoms with van der Waals surface area (Å²) in [5.41, 5.74) is 1.44. The number of rotatable bonds is 4. The molecule has 1 aromatic carbocycles. The summed E-state index contributed by atoms with van der Waals surface area (Å²) in [5.74, 6) is 0.199. The predicted octanol–water partition coefficient (Wildman–Crippen LogP) is 2.89. The van der Waals surface area contributed by atoms with Crippen LogP contribution in [0.25, 0.3) is 6.08 Å². The normalized spacial score (nSPS) is 10.8. The van der Waals surface area contributed by atoms with Crippen molar-refractivity contribution in [2.45, 2.75) is 20.3 Å². The molecule has 1 rings (SSSR count). The van der Waals surface area contributed by atoms with Gasteiger partial charge < -0.3 is 10.4 Å². The fourth-order valence-corrected chi connectivity index (χ4v) is 1.71. The van der Waals surface area contributed by atoms with Crippen LogP contribution in [0.4, 0.5) is 0 Å². The van der Waals surface area contributed by atoms with Crippen molar-refractivity contribution >= 4 is 23.6 Å². The molecule has 92 valence electrons. The van der Waals surface area contributed by atoms with Gasteiger partial charge in [0.25, 0.3) is 0 Å². The molecule has 0 bridgehead atoms. The Balaban J connectivity index is 2.62. The molecule has 0 radical (unpaired) electrons. The van der Waals surface area contributed by atoms with Crippen LogP contribution in [0.15, 0.2) is 18.2 Å². The topological polar surface area (TPSA) is 49.3 Å². The van der Waals surface area contributed by atoms with Crippen molar-refractivity contribution in [1.82, 2.24) is 5.32 Å². The van der Waals surface area contributed by atoms with E-state index >= 15 is 0 Å². The Morgan fingerprint density at radius 3 is 2.88 bits per heavy atom. The SMILES string of the molecule is CC(=O)NCCC=Cc1cc(Cl)cc(C)c1O. The summed E-state index contributed by atoms with van der Waals surface area (Å²) in [6.45, 7) is 3.87. The molecule has 0 atom stereocenters. The molecule has 3 nitrogen and oxygen atoms in total. The maximum Gasteiger partial charge on any atom is 0.216 e. The van der Waals surface area contributed by atoms with Crippen molar-refractivity contribution in [1.29, 1.82) is 0 Å². The van der Waals surface area contributed by atoms with Crippen molar-refractivity contribution < 1.29 is 9.90 Å². The van der Waals surface area contributed by atoms with Gasteiger partial charge >= 0.3 is 0 Å². The molecule has 0 aliphatic heterocycles. The minimum Gasteiger partial charge on any atom is -0.507 e. The van der Waals surface area contributed by atoms with Crippen LogP contribution < -0.4 is 5.32 Å². The lowest BCUT2D eigenvalue weighted by Gasteiger charge is -2.04. The van der Waals surface area contributed by atoms with Gasteiger partial charge in [-0.25, -0.2) is 0 Å². The molecule has 0 fully saturated rings. The van der Waals surface area contributed by atoms with Gasteiger partial charge in [0.1, 0.15) is 5.75 Å². The van der Waals surface area contributed by atoms with Crippen LogP contribution in [-0.2, 0) is 4.79 Å². The first-order chi connectivity index (χ1) is 8.00. The summed E-state index contributed by atoms with van der Waals surface area (Å²) in [7, 11) is 0. The zero-order valence-electron chi connectivity index (χ0n) is 9.96. The van der Waals surface area contributed by atoms with E-state index in [0.717, 1.165) is 5.56 Å². The van der Waals surface area contributed by atoms with Crippen molar-refractivity contribution in [2.75, 3.05) is 6.54 Å². The average Bonchev–Trinajstić information content (AvgIpc) is 2.23. The van der Waals surface area contributed by atoms with E-state index in [9.17, 15) is 9.90 Å². The Bertz CT molecular complexity index is 441. The number of phenols is 1. The molecule has 4 heteroatoms. The summed E-state index contributed by atoms with van der Waals surface area (Å²) >= 11 is 5.90. The molecule has 0 spiro atoms. The summed E-state index contributed by atoms with van der Waals surface area (Å²) in [4.78, 5) is 10.6. The quantitative estimate of drug-likeness (QED) is 0.811. The Morgan fingerprint density at radius 1 is 1.53 bits per heavy atom. The van der Waals surface area contributed by atoms with Crippen molar-refractivity contribution in [2.24, 2.45) is 0 Å². The van der Waals surface area contributed by atoms with E-state index in [2.05, 4.69) is 5.32 Å². The van der Waals surface area contributed by atoms with Crippen LogP contribution in [0.5, 0.6) is 5.75 Å². The zero-order valence-corrected chi connectivity index (χ0v) is 10.7. The highest BCUT2D eigenvalue weighted by atomic mass is 35.5. The molecule has 0 aromatic heterocycles.